The zero-order chi connectivity index (χ0) is 31.0. The van der Waals surface area contributed by atoms with Crippen LogP contribution in [0.1, 0.15) is 42.9 Å². The van der Waals surface area contributed by atoms with Gasteiger partial charge in [-0.25, -0.2) is 9.59 Å². The first kappa shape index (κ1) is 32.7. The number of rotatable bonds is 15. The van der Waals surface area contributed by atoms with Crippen molar-refractivity contribution in [1.29, 1.82) is 0 Å². The smallest absolute Gasteiger partial charge is 0.338 e. The molecule has 43 heavy (non-hydrogen) atoms. The van der Waals surface area contributed by atoms with Crippen molar-refractivity contribution in [3.8, 4) is 34.5 Å². The third-order valence-corrected chi connectivity index (χ3v) is 6.26. The molecule has 0 radical (unpaired) electrons. The second-order valence-electron chi connectivity index (χ2n) is 9.59. The van der Waals surface area contributed by atoms with Gasteiger partial charge in [-0.15, -0.1) is 0 Å². The highest BCUT2D eigenvalue weighted by Gasteiger charge is 2.11. The van der Waals surface area contributed by atoms with E-state index in [1.165, 1.54) is 30.9 Å². The Balaban J connectivity index is 1.73. The molecule has 0 fully saturated rings. The summed E-state index contributed by atoms with van der Waals surface area (Å²) in [6.45, 7) is 7.11. The number of unbranched alkanes of at least 4 members (excludes halogenated alkanes) is 2. The molecule has 0 aliphatic rings. The molecule has 0 aliphatic heterocycles. The van der Waals surface area contributed by atoms with E-state index in [1.54, 1.807) is 12.1 Å². The summed E-state index contributed by atoms with van der Waals surface area (Å²) in [6, 6.07) is 20.9. The van der Waals surface area contributed by atoms with Gasteiger partial charge in [0.2, 0.25) is 13.6 Å². The van der Waals surface area contributed by atoms with Crippen LogP contribution in [0.3, 0.4) is 0 Å². The zero-order valence-electron chi connectivity index (χ0n) is 24.3. The van der Waals surface area contributed by atoms with E-state index in [0.717, 1.165) is 23.1 Å². The molecule has 2 N–H and O–H groups in total. The van der Waals surface area contributed by atoms with Crippen molar-refractivity contribution in [1.82, 2.24) is 0 Å². The second-order valence-corrected chi connectivity index (χ2v) is 9.59. The van der Waals surface area contributed by atoms with Crippen molar-refractivity contribution in [3.63, 3.8) is 0 Å². The molecule has 0 atom stereocenters. The van der Waals surface area contributed by atoms with E-state index in [-0.39, 0.29) is 11.1 Å². The summed E-state index contributed by atoms with van der Waals surface area (Å²) in [5.41, 5.74) is 4.44. The Hall–Kier alpha value is -4.84. The van der Waals surface area contributed by atoms with Crippen LogP contribution in [0, 0.1) is 11.8 Å². The Morgan fingerprint density at radius 3 is 1.65 bits per heavy atom. The topological polar surface area (TPSA) is 112 Å². The highest BCUT2D eigenvalue weighted by atomic mass is 16.7. The van der Waals surface area contributed by atoms with Gasteiger partial charge < -0.3 is 29.2 Å². The third-order valence-electron chi connectivity index (χ3n) is 6.26. The van der Waals surface area contributed by atoms with Crippen LogP contribution in [0.5, 0.6) is 11.5 Å². The molecular formula is C35H36O8. The minimum atomic E-state index is -0.786. The van der Waals surface area contributed by atoms with E-state index >= 15 is 0 Å². The molecular weight excluding hydrogens is 548 g/mol. The number of aryl methyl sites for hydroxylation is 1. The van der Waals surface area contributed by atoms with Crippen LogP contribution < -0.4 is 9.47 Å². The molecule has 0 unspecified atom stereocenters. The minimum absolute atomic E-state index is 0.102. The number of aliphatic hydroxyl groups is 2. The standard InChI is InChI=1S/C35H36O8/c1-4-5-6-7-27-8-10-28(11-9-27)12-13-29-14-16-30(17-15-29)31-18-32(40-23-42-34(38)25(2)21-36)20-33(19-31)41-24-43-35(39)26(3)22-37/h8-11,14-20,36-37H,2-7,21-24H2,1H3. The Bertz CT molecular complexity index is 1410. The van der Waals surface area contributed by atoms with Gasteiger partial charge in [0, 0.05) is 17.2 Å². The van der Waals surface area contributed by atoms with Crippen molar-refractivity contribution < 1.29 is 38.7 Å². The average molecular weight is 585 g/mol. The molecule has 3 aromatic rings. The third kappa shape index (κ3) is 10.8. The predicted octanol–water partition coefficient (Wildman–Crippen LogP) is 5.34. The van der Waals surface area contributed by atoms with Crippen LogP contribution in [0.25, 0.3) is 11.1 Å². The summed E-state index contributed by atoms with van der Waals surface area (Å²) < 4.78 is 21.1. The monoisotopic (exact) mass is 584 g/mol. The van der Waals surface area contributed by atoms with Crippen LogP contribution in [0.4, 0.5) is 0 Å². The first-order valence-corrected chi connectivity index (χ1v) is 13.9. The first-order valence-electron chi connectivity index (χ1n) is 13.9. The number of ether oxygens (including phenoxy) is 4. The van der Waals surface area contributed by atoms with E-state index in [4.69, 9.17) is 29.2 Å². The summed E-state index contributed by atoms with van der Waals surface area (Å²) in [6.07, 6.45) is 4.71. The van der Waals surface area contributed by atoms with E-state index in [0.29, 0.717) is 17.1 Å². The number of aliphatic hydroxyl groups excluding tert-OH is 2. The SMILES string of the molecule is C=C(CO)C(=O)OCOc1cc(OCOC(=O)C(=C)CO)cc(-c2ccc(C#Cc3ccc(CCCCC)cc3)cc2)c1. The predicted molar refractivity (Wildman–Crippen MR) is 163 cm³/mol. The normalized spacial score (nSPS) is 10.2. The fraction of sp³-hybridized carbons (Fsp3) is 0.257. The van der Waals surface area contributed by atoms with Crippen LogP contribution in [-0.4, -0.2) is 49.0 Å². The molecule has 3 aromatic carbocycles. The molecule has 0 saturated carbocycles. The lowest BCUT2D eigenvalue weighted by atomic mass is 10.0. The summed E-state index contributed by atoms with van der Waals surface area (Å²) in [5, 5.41) is 18.0. The second kappa shape index (κ2) is 17.2. The maximum atomic E-state index is 11.8. The van der Waals surface area contributed by atoms with Crippen LogP contribution >= 0.6 is 0 Å². The van der Waals surface area contributed by atoms with Crippen molar-refractivity contribution in [2.24, 2.45) is 0 Å². The lowest BCUT2D eigenvalue weighted by molar-refractivity contribution is -0.146. The van der Waals surface area contributed by atoms with Crippen LogP contribution in [0.2, 0.25) is 0 Å². The largest absolute Gasteiger partial charge is 0.457 e. The van der Waals surface area contributed by atoms with E-state index in [2.05, 4.69) is 44.1 Å². The Morgan fingerprint density at radius 2 is 1.19 bits per heavy atom. The molecule has 0 aliphatic carbocycles. The van der Waals surface area contributed by atoms with Gasteiger partial charge in [0.15, 0.2) is 0 Å². The molecule has 8 nitrogen and oxygen atoms in total. The molecule has 0 aromatic heterocycles. The maximum Gasteiger partial charge on any atom is 0.338 e. The molecule has 8 heteroatoms. The Labute approximate surface area is 252 Å². The molecule has 0 heterocycles. The lowest BCUT2D eigenvalue weighted by Crippen LogP contribution is -2.14. The summed E-state index contributed by atoms with van der Waals surface area (Å²) in [5.74, 6) is 5.44. The zero-order valence-corrected chi connectivity index (χ0v) is 24.3. The fourth-order valence-corrected chi connectivity index (χ4v) is 3.76. The molecule has 0 spiro atoms. The number of esters is 2. The molecule has 3 rings (SSSR count). The van der Waals surface area contributed by atoms with Gasteiger partial charge in [-0.1, -0.05) is 69.0 Å². The fourth-order valence-electron chi connectivity index (χ4n) is 3.76. The number of benzene rings is 3. The van der Waals surface area contributed by atoms with Crippen LogP contribution in [0.15, 0.2) is 91.0 Å². The van der Waals surface area contributed by atoms with Gasteiger partial charge in [0.25, 0.3) is 0 Å². The number of hydrogen-bond acceptors (Lipinski definition) is 8. The first-order chi connectivity index (χ1) is 20.8. The Kier molecular flexibility index (Phi) is 13.1. The highest BCUT2D eigenvalue weighted by molar-refractivity contribution is 5.88. The van der Waals surface area contributed by atoms with E-state index in [9.17, 15) is 9.59 Å². The summed E-state index contributed by atoms with van der Waals surface area (Å²) in [4.78, 5) is 23.5. The summed E-state index contributed by atoms with van der Waals surface area (Å²) >= 11 is 0. The van der Waals surface area contributed by atoms with Crippen LogP contribution in [-0.2, 0) is 25.5 Å². The minimum Gasteiger partial charge on any atom is -0.457 e. The van der Waals surface area contributed by atoms with Crippen molar-refractivity contribution in [2.75, 3.05) is 26.8 Å². The van der Waals surface area contributed by atoms with Gasteiger partial charge in [-0.3, -0.25) is 0 Å². The summed E-state index contributed by atoms with van der Waals surface area (Å²) in [7, 11) is 0. The Morgan fingerprint density at radius 1 is 0.698 bits per heavy atom. The quantitative estimate of drug-likeness (QED) is 0.0810. The molecule has 0 saturated heterocycles. The maximum absolute atomic E-state index is 11.8. The van der Waals surface area contributed by atoms with Crippen molar-refractivity contribution >= 4 is 11.9 Å². The molecule has 0 amide bonds. The van der Waals surface area contributed by atoms with Gasteiger partial charge in [0.1, 0.15) is 11.5 Å². The molecule has 224 valence electrons. The van der Waals surface area contributed by atoms with Gasteiger partial charge >= 0.3 is 11.9 Å². The number of carbonyl (C=O) groups is 2. The van der Waals surface area contributed by atoms with Gasteiger partial charge in [0.05, 0.1) is 24.4 Å². The number of hydrogen-bond donors (Lipinski definition) is 2. The molecule has 0 bridgehead atoms. The van der Waals surface area contributed by atoms with E-state index < -0.39 is 38.7 Å². The van der Waals surface area contributed by atoms with Gasteiger partial charge in [-0.2, -0.15) is 0 Å². The van der Waals surface area contributed by atoms with E-state index in [1.807, 2.05) is 36.4 Å². The van der Waals surface area contributed by atoms with Crippen molar-refractivity contribution in [2.45, 2.75) is 32.6 Å². The lowest BCUT2D eigenvalue weighted by Gasteiger charge is -2.13. The number of carbonyl (C=O) groups excluding carboxylic acids is 2. The highest BCUT2D eigenvalue weighted by Crippen LogP contribution is 2.30. The average Bonchev–Trinajstić information content (AvgIpc) is 3.03. The van der Waals surface area contributed by atoms with Gasteiger partial charge in [-0.05, 0) is 65.9 Å². The van der Waals surface area contributed by atoms with Crippen molar-refractivity contribution in [3.05, 3.63) is 108 Å².